The number of rotatable bonds is 6. The Morgan fingerprint density at radius 2 is 0.732 bits per heavy atom. The zero-order valence-corrected chi connectivity index (χ0v) is 37.8. The summed E-state index contributed by atoms with van der Waals surface area (Å²) in [6.45, 7) is 13.8. The van der Waals surface area contributed by atoms with E-state index in [9.17, 15) is 0 Å². The van der Waals surface area contributed by atoms with Crippen molar-refractivity contribution in [1.82, 2.24) is 19.9 Å². The van der Waals surface area contributed by atoms with Crippen molar-refractivity contribution in [3.63, 3.8) is 0 Å². The average molecular weight is 849 g/mol. The fraction of sp³-hybridized carbons (Fsp3) is 0.304. The second kappa shape index (κ2) is 18.8. The van der Waals surface area contributed by atoms with E-state index >= 15 is 0 Å². The van der Waals surface area contributed by atoms with Gasteiger partial charge in [-0.2, -0.15) is 0 Å². The van der Waals surface area contributed by atoms with Crippen LogP contribution in [-0.2, 0) is 45.3 Å². The van der Waals surface area contributed by atoms with Crippen LogP contribution in [0.3, 0.4) is 0 Å². The standard InChI is InChI=1S/C46H48N4S6/c1-45(2,3)37-19-33-17-34(20-37)28-52-40-24-42(50-44(48-40)56-26-32-15-11-8-12-16-32)54-30-36-18-35(21-38(22-36)46(4,5)6)29-53-41-23-39(51-27-33)47-43(49-41)55-25-31-13-9-7-10-14-31/h7-24H,25-30H2,1-6H3. The first kappa shape index (κ1) is 41.3. The molecule has 4 aromatic carbocycles. The number of fused-ring (bicyclic) bond motifs is 8. The van der Waals surface area contributed by atoms with E-state index in [4.69, 9.17) is 19.9 Å². The van der Waals surface area contributed by atoms with Crippen molar-refractivity contribution >= 4 is 70.6 Å². The van der Waals surface area contributed by atoms with Crippen molar-refractivity contribution in [3.05, 3.63) is 154 Å². The molecule has 0 spiro atoms. The Morgan fingerprint density at radius 1 is 0.429 bits per heavy atom. The van der Waals surface area contributed by atoms with Gasteiger partial charge < -0.3 is 0 Å². The van der Waals surface area contributed by atoms with Crippen LogP contribution in [0.2, 0.25) is 0 Å². The van der Waals surface area contributed by atoms with Crippen LogP contribution >= 0.6 is 70.6 Å². The minimum atomic E-state index is 0.0243. The Morgan fingerprint density at radius 3 is 1.02 bits per heavy atom. The molecule has 2 aromatic heterocycles. The van der Waals surface area contributed by atoms with Gasteiger partial charge in [-0.25, -0.2) is 19.9 Å². The van der Waals surface area contributed by atoms with Crippen LogP contribution in [0.1, 0.15) is 86.1 Å². The molecule has 1 aliphatic heterocycles. The minimum Gasteiger partial charge on any atom is -0.216 e. The second-order valence-corrected chi connectivity index (χ2v) is 21.8. The smallest absolute Gasteiger partial charge is 0.190 e. The highest BCUT2D eigenvalue weighted by Crippen LogP contribution is 2.36. The van der Waals surface area contributed by atoms with Crippen LogP contribution in [0.25, 0.3) is 0 Å². The quantitative estimate of drug-likeness (QED) is 0.0920. The molecule has 6 aromatic rings. The van der Waals surface area contributed by atoms with Crippen molar-refractivity contribution in [3.8, 4) is 0 Å². The lowest BCUT2D eigenvalue weighted by Crippen LogP contribution is -2.12. The third kappa shape index (κ3) is 12.1. The van der Waals surface area contributed by atoms with Gasteiger partial charge in [0.25, 0.3) is 0 Å². The van der Waals surface area contributed by atoms with E-state index in [0.29, 0.717) is 0 Å². The Labute approximate surface area is 358 Å². The lowest BCUT2D eigenvalue weighted by atomic mass is 9.85. The molecule has 56 heavy (non-hydrogen) atoms. The van der Waals surface area contributed by atoms with Crippen LogP contribution < -0.4 is 0 Å². The zero-order valence-electron chi connectivity index (χ0n) is 32.9. The van der Waals surface area contributed by atoms with E-state index in [1.807, 2.05) is 0 Å². The Balaban J connectivity index is 1.24. The van der Waals surface area contributed by atoms with Gasteiger partial charge in [-0.1, -0.05) is 162 Å². The maximum Gasteiger partial charge on any atom is 0.190 e. The fourth-order valence-electron chi connectivity index (χ4n) is 5.99. The average Bonchev–Trinajstić information content (AvgIpc) is 3.19. The maximum absolute atomic E-state index is 5.09. The summed E-state index contributed by atoms with van der Waals surface area (Å²) in [6.07, 6.45) is 0. The Kier molecular flexibility index (Phi) is 13.9. The third-order valence-electron chi connectivity index (χ3n) is 9.12. The largest absolute Gasteiger partial charge is 0.216 e. The number of aromatic nitrogens is 4. The SMILES string of the molecule is CC(C)(C)c1cc2cc(c1)CSc1cc(nc(SCc3ccccc3)n1)SCc1cc(cc(C(C)(C)C)c1)CSc1cc(nc(SCc3ccccc3)n1)SC2. The number of hydrogen-bond donors (Lipinski definition) is 0. The normalized spacial score (nSPS) is 14.0. The minimum absolute atomic E-state index is 0.0243. The van der Waals surface area contributed by atoms with E-state index in [-0.39, 0.29) is 10.8 Å². The van der Waals surface area contributed by atoms with Gasteiger partial charge in [0.2, 0.25) is 0 Å². The number of benzene rings is 4. The molecule has 0 saturated carbocycles. The third-order valence-corrected chi connectivity index (χ3v) is 14.9. The molecule has 0 fully saturated rings. The summed E-state index contributed by atoms with van der Waals surface area (Å²) in [4.78, 5) is 20.4. The highest BCUT2D eigenvalue weighted by molar-refractivity contribution is 8.00. The first-order valence-electron chi connectivity index (χ1n) is 18.8. The van der Waals surface area contributed by atoms with Gasteiger partial charge in [0.15, 0.2) is 10.3 Å². The summed E-state index contributed by atoms with van der Waals surface area (Å²) in [5.41, 5.74) is 10.5. The number of nitrogens with zero attached hydrogens (tertiary/aromatic N) is 4. The van der Waals surface area contributed by atoms with Crippen molar-refractivity contribution < 1.29 is 0 Å². The molecule has 288 valence electrons. The van der Waals surface area contributed by atoms with E-state index in [0.717, 1.165) is 64.9 Å². The van der Waals surface area contributed by atoms with Crippen LogP contribution in [0.4, 0.5) is 0 Å². The molecule has 10 heteroatoms. The summed E-state index contributed by atoms with van der Waals surface area (Å²) in [5.74, 6) is 4.99. The molecule has 0 radical (unpaired) electrons. The van der Waals surface area contributed by atoms with E-state index in [2.05, 4.69) is 151 Å². The first-order valence-corrected chi connectivity index (χ1v) is 24.7. The predicted molar refractivity (Wildman–Crippen MR) is 245 cm³/mol. The van der Waals surface area contributed by atoms with Gasteiger partial charge in [-0.15, -0.1) is 47.0 Å². The molecule has 3 heterocycles. The highest BCUT2D eigenvalue weighted by Gasteiger charge is 2.19. The zero-order chi connectivity index (χ0) is 39.1. The van der Waals surface area contributed by atoms with Crippen LogP contribution in [-0.4, -0.2) is 19.9 Å². The molecular formula is C46H48N4S6. The van der Waals surface area contributed by atoms with Crippen molar-refractivity contribution in [2.75, 3.05) is 0 Å². The molecule has 0 atom stereocenters. The molecular weight excluding hydrogens is 801 g/mol. The fourth-order valence-corrected chi connectivity index (χ4v) is 11.3. The van der Waals surface area contributed by atoms with Gasteiger partial charge in [0.05, 0.1) is 0 Å². The summed E-state index contributed by atoms with van der Waals surface area (Å²) in [7, 11) is 0. The maximum atomic E-state index is 5.09. The topological polar surface area (TPSA) is 51.6 Å². The van der Waals surface area contributed by atoms with E-state index < -0.39 is 0 Å². The van der Waals surface area contributed by atoms with Crippen molar-refractivity contribution in [2.24, 2.45) is 0 Å². The van der Waals surface area contributed by atoms with Crippen LogP contribution in [0, 0.1) is 0 Å². The van der Waals surface area contributed by atoms with Gasteiger partial charge in [0, 0.05) is 46.6 Å². The molecule has 7 rings (SSSR count). The summed E-state index contributed by atoms with van der Waals surface area (Å²) < 4.78 is 0. The van der Waals surface area contributed by atoms with Crippen LogP contribution in [0.15, 0.2) is 140 Å². The second-order valence-electron chi connectivity index (χ2n) is 15.9. The highest BCUT2D eigenvalue weighted by atomic mass is 32.2. The molecule has 1 aliphatic rings. The number of thioether (sulfide) groups is 6. The lowest BCUT2D eigenvalue weighted by molar-refractivity contribution is 0.589. The van der Waals surface area contributed by atoms with Crippen molar-refractivity contribution in [1.29, 1.82) is 0 Å². The Bertz CT molecular complexity index is 2000. The monoisotopic (exact) mass is 848 g/mol. The molecule has 0 N–H and O–H groups in total. The van der Waals surface area contributed by atoms with Crippen LogP contribution in [0.5, 0.6) is 0 Å². The number of hydrogen-bond acceptors (Lipinski definition) is 10. The van der Waals surface area contributed by atoms with E-state index in [1.165, 1.54) is 44.5 Å². The lowest BCUT2D eigenvalue weighted by Gasteiger charge is -2.22. The summed E-state index contributed by atoms with van der Waals surface area (Å²) in [5, 5.41) is 5.70. The Hall–Kier alpha value is -2.86. The molecule has 0 unspecified atom stereocenters. The van der Waals surface area contributed by atoms with Gasteiger partial charge in [0.1, 0.15) is 20.1 Å². The first-order chi connectivity index (χ1) is 26.9. The van der Waals surface area contributed by atoms with Crippen molar-refractivity contribution in [2.45, 2.75) is 117 Å². The molecule has 4 nitrogen and oxygen atoms in total. The predicted octanol–water partition coefficient (Wildman–Crippen LogP) is 13.9. The molecule has 0 amide bonds. The van der Waals surface area contributed by atoms with Gasteiger partial charge >= 0.3 is 0 Å². The molecule has 8 bridgehead atoms. The molecule has 0 aliphatic carbocycles. The van der Waals surface area contributed by atoms with Gasteiger partial charge in [-0.05, 0) is 55.3 Å². The summed E-state index contributed by atoms with van der Waals surface area (Å²) in [6, 6.07) is 39.8. The van der Waals surface area contributed by atoms with Gasteiger partial charge in [-0.3, -0.25) is 0 Å². The summed E-state index contributed by atoms with van der Waals surface area (Å²) >= 11 is 10.6. The van der Waals surface area contributed by atoms with E-state index in [1.54, 1.807) is 70.6 Å². The molecule has 0 saturated heterocycles.